The van der Waals surface area contributed by atoms with Gasteiger partial charge >= 0.3 is 0 Å². The molecular weight excluding hydrogens is 226 g/mol. The van der Waals surface area contributed by atoms with Crippen LogP contribution in [0.5, 0.6) is 0 Å². The van der Waals surface area contributed by atoms with E-state index < -0.39 is 9.84 Å². The number of nitrogens with one attached hydrogen (secondary N) is 1. The molecule has 1 fully saturated rings. The molecule has 0 aliphatic heterocycles. The summed E-state index contributed by atoms with van der Waals surface area (Å²) in [5.74, 6) is 0.161. The first kappa shape index (κ1) is 13.9. The van der Waals surface area contributed by atoms with Crippen LogP contribution in [-0.4, -0.2) is 44.7 Å². The molecule has 0 aromatic heterocycles. The summed E-state index contributed by atoms with van der Waals surface area (Å²) < 4.78 is 22.2. The zero-order chi connectivity index (χ0) is 12.2. The molecule has 0 radical (unpaired) electrons. The maximum Gasteiger partial charge on any atom is 0.148 e. The molecule has 0 saturated heterocycles. The Morgan fingerprint density at radius 3 is 2.38 bits per heavy atom. The molecule has 4 nitrogen and oxygen atoms in total. The molecule has 1 atom stereocenters. The Kier molecular flexibility index (Phi) is 4.76. The van der Waals surface area contributed by atoms with Gasteiger partial charge in [-0.1, -0.05) is 12.8 Å². The van der Waals surface area contributed by atoms with Crippen molar-refractivity contribution in [2.45, 2.75) is 38.6 Å². The Morgan fingerprint density at radius 1 is 1.38 bits per heavy atom. The molecule has 5 heteroatoms. The maximum atomic E-state index is 11.1. The molecule has 1 rings (SSSR count). The van der Waals surface area contributed by atoms with Crippen molar-refractivity contribution in [2.24, 2.45) is 5.41 Å². The molecule has 1 aliphatic carbocycles. The fourth-order valence-electron chi connectivity index (χ4n) is 2.42. The molecule has 0 aromatic carbocycles. The molecule has 0 amide bonds. The summed E-state index contributed by atoms with van der Waals surface area (Å²) >= 11 is 0. The van der Waals surface area contributed by atoms with Gasteiger partial charge in [-0.25, -0.2) is 8.42 Å². The molecule has 1 saturated carbocycles. The Hall–Kier alpha value is -0.130. The normalized spacial score (nSPS) is 22.2. The highest BCUT2D eigenvalue weighted by molar-refractivity contribution is 7.90. The van der Waals surface area contributed by atoms with Crippen LogP contribution in [0.2, 0.25) is 0 Å². The zero-order valence-corrected chi connectivity index (χ0v) is 11.0. The largest absolute Gasteiger partial charge is 0.396 e. The molecule has 0 heterocycles. The molecule has 1 unspecified atom stereocenters. The van der Waals surface area contributed by atoms with Crippen LogP contribution in [0.15, 0.2) is 0 Å². The van der Waals surface area contributed by atoms with Crippen LogP contribution < -0.4 is 5.32 Å². The van der Waals surface area contributed by atoms with Crippen LogP contribution in [0.4, 0.5) is 0 Å². The standard InChI is InChI=1S/C11H23NO3S/c1-10(7-16(2,14)15)12-8-11(9-13)5-3-4-6-11/h10,12-13H,3-9H2,1-2H3. The summed E-state index contributed by atoms with van der Waals surface area (Å²) in [7, 11) is -2.92. The highest BCUT2D eigenvalue weighted by atomic mass is 32.2. The Morgan fingerprint density at radius 2 is 1.94 bits per heavy atom. The Balaban J connectivity index is 2.38. The summed E-state index contributed by atoms with van der Waals surface area (Å²) in [6.45, 7) is 2.80. The van der Waals surface area contributed by atoms with Gasteiger partial charge in [0.2, 0.25) is 0 Å². The van der Waals surface area contributed by atoms with Crippen molar-refractivity contribution in [3.05, 3.63) is 0 Å². The van der Waals surface area contributed by atoms with Gasteiger partial charge in [-0.05, 0) is 19.8 Å². The molecule has 96 valence electrons. The Bertz CT molecular complexity index is 307. The third-order valence-electron chi connectivity index (χ3n) is 3.38. The number of rotatable bonds is 6. The quantitative estimate of drug-likeness (QED) is 0.722. The summed E-state index contributed by atoms with van der Waals surface area (Å²) in [4.78, 5) is 0. The summed E-state index contributed by atoms with van der Waals surface area (Å²) in [5, 5.41) is 12.6. The summed E-state index contributed by atoms with van der Waals surface area (Å²) in [6.07, 6.45) is 5.68. The summed E-state index contributed by atoms with van der Waals surface area (Å²) in [5.41, 5.74) is -0.00817. The van der Waals surface area contributed by atoms with Gasteiger partial charge in [0.05, 0.1) is 5.75 Å². The van der Waals surface area contributed by atoms with Crippen molar-refractivity contribution in [1.82, 2.24) is 5.32 Å². The van der Waals surface area contributed by atoms with Crippen molar-refractivity contribution in [2.75, 3.05) is 25.2 Å². The monoisotopic (exact) mass is 249 g/mol. The average molecular weight is 249 g/mol. The minimum atomic E-state index is -2.92. The third kappa shape index (κ3) is 4.39. The molecule has 2 N–H and O–H groups in total. The van der Waals surface area contributed by atoms with Gasteiger partial charge in [-0.15, -0.1) is 0 Å². The van der Waals surface area contributed by atoms with E-state index in [1.165, 1.54) is 19.1 Å². The van der Waals surface area contributed by atoms with Crippen LogP contribution in [-0.2, 0) is 9.84 Å². The third-order valence-corrected chi connectivity index (χ3v) is 4.48. The average Bonchev–Trinajstić information content (AvgIpc) is 2.61. The second-order valence-corrected chi connectivity index (χ2v) is 7.42. The predicted molar refractivity (Wildman–Crippen MR) is 65.2 cm³/mol. The Labute approximate surface area is 98.4 Å². The maximum absolute atomic E-state index is 11.1. The number of aliphatic hydroxyl groups excluding tert-OH is 1. The van der Waals surface area contributed by atoms with Crippen LogP contribution in [0.3, 0.4) is 0 Å². The van der Waals surface area contributed by atoms with Gasteiger partial charge in [0.25, 0.3) is 0 Å². The van der Waals surface area contributed by atoms with Gasteiger partial charge in [0.1, 0.15) is 9.84 Å². The van der Waals surface area contributed by atoms with E-state index in [1.807, 2.05) is 6.92 Å². The number of hydrogen-bond acceptors (Lipinski definition) is 4. The summed E-state index contributed by atoms with van der Waals surface area (Å²) in [6, 6.07) is -0.0426. The van der Waals surface area contributed by atoms with Gasteiger partial charge < -0.3 is 10.4 Å². The topological polar surface area (TPSA) is 66.4 Å². The van der Waals surface area contributed by atoms with E-state index in [0.717, 1.165) is 19.4 Å². The van der Waals surface area contributed by atoms with Crippen molar-refractivity contribution < 1.29 is 13.5 Å². The molecule has 0 spiro atoms. The van der Waals surface area contributed by atoms with Gasteiger partial charge in [-0.2, -0.15) is 0 Å². The first-order valence-corrected chi connectivity index (χ1v) is 7.95. The van der Waals surface area contributed by atoms with Gasteiger partial charge in [0, 0.05) is 30.9 Å². The number of hydrogen-bond donors (Lipinski definition) is 2. The second-order valence-electron chi connectivity index (χ2n) is 5.24. The fourth-order valence-corrected chi connectivity index (χ4v) is 3.45. The van der Waals surface area contributed by atoms with Crippen LogP contribution in [0.1, 0.15) is 32.6 Å². The highest BCUT2D eigenvalue weighted by Gasteiger charge is 2.33. The van der Waals surface area contributed by atoms with E-state index in [2.05, 4.69) is 5.32 Å². The van der Waals surface area contributed by atoms with Gasteiger partial charge in [-0.3, -0.25) is 0 Å². The van der Waals surface area contributed by atoms with Crippen molar-refractivity contribution in [3.63, 3.8) is 0 Å². The van der Waals surface area contributed by atoms with Crippen LogP contribution in [0, 0.1) is 5.41 Å². The van der Waals surface area contributed by atoms with E-state index in [0.29, 0.717) is 0 Å². The molecule has 0 aromatic rings. The fraction of sp³-hybridized carbons (Fsp3) is 1.00. The van der Waals surface area contributed by atoms with Crippen molar-refractivity contribution in [1.29, 1.82) is 0 Å². The number of aliphatic hydroxyl groups is 1. The number of sulfone groups is 1. The molecule has 0 bridgehead atoms. The lowest BCUT2D eigenvalue weighted by Gasteiger charge is -2.28. The van der Waals surface area contributed by atoms with Crippen LogP contribution in [0.25, 0.3) is 0 Å². The highest BCUT2D eigenvalue weighted by Crippen LogP contribution is 2.36. The molecular formula is C11H23NO3S. The second kappa shape index (κ2) is 5.47. The van der Waals surface area contributed by atoms with E-state index in [-0.39, 0.29) is 23.8 Å². The van der Waals surface area contributed by atoms with E-state index in [1.54, 1.807) is 0 Å². The smallest absolute Gasteiger partial charge is 0.148 e. The minimum absolute atomic E-state index is 0.00817. The first-order chi connectivity index (χ1) is 7.37. The van der Waals surface area contributed by atoms with E-state index in [9.17, 15) is 13.5 Å². The van der Waals surface area contributed by atoms with E-state index >= 15 is 0 Å². The zero-order valence-electron chi connectivity index (χ0n) is 10.2. The predicted octanol–water partition coefficient (Wildman–Crippen LogP) is 0.562. The van der Waals surface area contributed by atoms with Crippen molar-refractivity contribution >= 4 is 9.84 Å². The molecule has 16 heavy (non-hydrogen) atoms. The molecule has 1 aliphatic rings. The first-order valence-electron chi connectivity index (χ1n) is 5.89. The minimum Gasteiger partial charge on any atom is -0.396 e. The van der Waals surface area contributed by atoms with Gasteiger partial charge in [0.15, 0.2) is 0 Å². The lowest BCUT2D eigenvalue weighted by molar-refractivity contribution is 0.126. The van der Waals surface area contributed by atoms with Crippen LogP contribution >= 0.6 is 0 Å². The van der Waals surface area contributed by atoms with E-state index in [4.69, 9.17) is 0 Å². The van der Waals surface area contributed by atoms with Crippen molar-refractivity contribution in [3.8, 4) is 0 Å². The lowest BCUT2D eigenvalue weighted by Crippen LogP contribution is -2.41. The lowest BCUT2D eigenvalue weighted by atomic mass is 9.87. The SMILES string of the molecule is CC(CS(C)(=O)=O)NCC1(CO)CCCC1.